The van der Waals surface area contributed by atoms with Gasteiger partial charge in [0.05, 0.1) is 6.04 Å². The normalized spacial score (nSPS) is 24.3. The summed E-state index contributed by atoms with van der Waals surface area (Å²) in [5, 5.41) is 3.28. The third kappa shape index (κ3) is 0.847. The Hall–Kier alpha value is -0.760. The Bertz CT molecular complexity index is 225. The maximum atomic E-state index is 5.42. The van der Waals surface area contributed by atoms with Gasteiger partial charge in [0, 0.05) is 0 Å². The molecule has 1 fully saturated rings. The molecule has 0 unspecified atom stereocenters. The molecule has 2 heterocycles. The van der Waals surface area contributed by atoms with Gasteiger partial charge in [-0.15, -0.1) is 0 Å². The summed E-state index contributed by atoms with van der Waals surface area (Å²) < 4.78 is 5.42. The van der Waals surface area contributed by atoms with Crippen molar-refractivity contribution >= 4 is 0 Å². The number of hydrogen-bond donors (Lipinski definition) is 1. The van der Waals surface area contributed by atoms with Crippen molar-refractivity contribution in [3.8, 4) is 0 Å². The van der Waals surface area contributed by atoms with Gasteiger partial charge in [0.25, 0.3) is 0 Å². The Morgan fingerprint density at radius 2 is 2.40 bits per heavy atom. The molecule has 2 rings (SSSR count). The van der Waals surface area contributed by atoms with Gasteiger partial charge >= 0.3 is 0 Å². The van der Waals surface area contributed by atoms with E-state index in [0.29, 0.717) is 6.04 Å². The Balaban J connectivity index is 2.17. The van der Waals surface area contributed by atoms with Crippen molar-refractivity contribution in [2.24, 2.45) is 0 Å². The van der Waals surface area contributed by atoms with Crippen molar-refractivity contribution in [2.75, 3.05) is 6.54 Å². The highest BCUT2D eigenvalue weighted by Crippen LogP contribution is 2.23. The topological polar surface area (TPSA) is 25.2 Å². The number of aryl methyl sites for hydroxylation is 1. The average Bonchev–Trinajstić information content (AvgIpc) is 2.10. The van der Waals surface area contributed by atoms with E-state index in [2.05, 4.69) is 5.32 Å². The smallest absolute Gasteiger partial charge is 0.121 e. The SMILES string of the molecule is Cc1ccc([C@H]2CCN2)o1. The highest BCUT2D eigenvalue weighted by molar-refractivity contribution is 5.11. The van der Waals surface area contributed by atoms with Gasteiger partial charge in [-0.3, -0.25) is 0 Å². The van der Waals surface area contributed by atoms with E-state index in [0.717, 1.165) is 18.1 Å². The molecule has 2 heteroatoms. The highest BCUT2D eigenvalue weighted by Gasteiger charge is 2.20. The average molecular weight is 137 g/mol. The zero-order valence-corrected chi connectivity index (χ0v) is 6.05. The van der Waals surface area contributed by atoms with E-state index in [-0.39, 0.29) is 0 Å². The van der Waals surface area contributed by atoms with Crippen LogP contribution in [-0.4, -0.2) is 6.54 Å². The molecule has 0 bridgehead atoms. The lowest BCUT2D eigenvalue weighted by Crippen LogP contribution is -2.34. The van der Waals surface area contributed by atoms with Crippen molar-refractivity contribution in [1.29, 1.82) is 0 Å². The van der Waals surface area contributed by atoms with Crippen LogP contribution in [-0.2, 0) is 0 Å². The molecule has 0 spiro atoms. The summed E-state index contributed by atoms with van der Waals surface area (Å²) in [7, 11) is 0. The summed E-state index contributed by atoms with van der Waals surface area (Å²) in [4.78, 5) is 0. The van der Waals surface area contributed by atoms with E-state index in [1.807, 2.05) is 19.1 Å². The van der Waals surface area contributed by atoms with Crippen LogP contribution in [0.15, 0.2) is 16.5 Å². The van der Waals surface area contributed by atoms with Crippen molar-refractivity contribution in [2.45, 2.75) is 19.4 Å². The van der Waals surface area contributed by atoms with Crippen LogP contribution in [0.5, 0.6) is 0 Å². The van der Waals surface area contributed by atoms with Crippen molar-refractivity contribution in [3.63, 3.8) is 0 Å². The zero-order chi connectivity index (χ0) is 6.97. The first-order valence-electron chi connectivity index (χ1n) is 3.66. The summed E-state index contributed by atoms with van der Waals surface area (Å²) in [6, 6.07) is 4.55. The van der Waals surface area contributed by atoms with Gasteiger partial charge in [-0.25, -0.2) is 0 Å². The van der Waals surface area contributed by atoms with E-state index < -0.39 is 0 Å². The number of hydrogen-bond acceptors (Lipinski definition) is 2. The zero-order valence-electron chi connectivity index (χ0n) is 6.05. The number of nitrogens with one attached hydrogen (secondary N) is 1. The third-order valence-electron chi connectivity index (χ3n) is 1.93. The Kier molecular flexibility index (Phi) is 1.27. The van der Waals surface area contributed by atoms with Gasteiger partial charge in [-0.2, -0.15) is 0 Å². The Labute approximate surface area is 60.2 Å². The van der Waals surface area contributed by atoms with Crippen LogP contribution in [0.3, 0.4) is 0 Å². The Morgan fingerprint density at radius 1 is 1.60 bits per heavy atom. The lowest BCUT2D eigenvalue weighted by Gasteiger charge is -2.25. The highest BCUT2D eigenvalue weighted by atomic mass is 16.3. The van der Waals surface area contributed by atoms with Crippen LogP contribution in [0.25, 0.3) is 0 Å². The first-order valence-corrected chi connectivity index (χ1v) is 3.66. The lowest BCUT2D eigenvalue weighted by molar-refractivity contribution is 0.314. The summed E-state index contributed by atoms with van der Waals surface area (Å²) in [5.74, 6) is 2.09. The van der Waals surface area contributed by atoms with Crippen LogP contribution in [0, 0.1) is 6.92 Å². The summed E-state index contributed by atoms with van der Waals surface area (Å²) in [5.41, 5.74) is 0. The molecule has 1 aliphatic heterocycles. The van der Waals surface area contributed by atoms with Gasteiger partial charge in [-0.1, -0.05) is 0 Å². The Morgan fingerprint density at radius 3 is 2.80 bits per heavy atom. The fourth-order valence-corrected chi connectivity index (χ4v) is 1.17. The fraction of sp³-hybridized carbons (Fsp3) is 0.500. The van der Waals surface area contributed by atoms with E-state index in [1.54, 1.807) is 0 Å². The second kappa shape index (κ2) is 2.13. The molecule has 0 aliphatic carbocycles. The molecule has 1 N–H and O–H groups in total. The van der Waals surface area contributed by atoms with E-state index in [4.69, 9.17) is 4.42 Å². The van der Waals surface area contributed by atoms with Crippen molar-refractivity contribution in [1.82, 2.24) is 5.32 Å². The molecule has 1 aromatic heterocycles. The van der Waals surface area contributed by atoms with Gasteiger partial charge in [-0.05, 0) is 32.0 Å². The van der Waals surface area contributed by atoms with Gasteiger partial charge in [0.1, 0.15) is 11.5 Å². The van der Waals surface area contributed by atoms with Crippen LogP contribution < -0.4 is 5.32 Å². The van der Waals surface area contributed by atoms with Gasteiger partial charge in [0.15, 0.2) is 0 Å². The minimum atomic E-state index is 0.494. The maximum Gasteiger partial charge on any atom is 0.121 e. The quantitative estimate of drug-likeness (QED) is 0.636. The van der Waals surface area contributed by atoms with Crippen LogP contribution >= 0.6 is 0 Å². The summed E-state index contributed by atoms with van der Waals surface area (Å²) in [6.07, 6.45) is 1.22. The van der Waals surface area contributed by atoms with E-state index in [1.165, 1.54) is 6.42 Å². The fourth-order valence-electron chi connectivity index (χ4n) is 1.17. The molecule has 0 aromatic carbocycles. The lowest BCUT2D eigenvalue weighted by atomic mass is 10.1. The summed E-state index contributed by atoms with van der Waals surface area (Å²) >= 11 is 0. The van der Waals surface area contributed by atoms with Crippen LogP contribution in [0.2, 0.25) is 0 Å². The molecular formula is C8H11NO. The van der Waals surface area contributed by atoms with Crippen LogP contribution in [0.4, 0.5) is 0 Å². The molecule has 1 saturated heterocycles. The second-order valence-corrected chi connectivity index (χ2v) is 2.74. The van der Waals surface area contributed by atoms with Crippen molar-refractivity contribution < 1.29 is 4.42 Å². The molecule has 1 aromatic rings. The molecule has 54 valence electrons. The first-order chi connectivity index (χ1) is 4.86. The number of rotatable bonds is 1. The largest absolute Gasteiger partial charge is 0.465 e. The molecule has 0 saturated carbocycles. The molecule has 1 aliphatic rings. The standard InChI is InChI=1S/C8H11NO/c1-6-2-3-8(10-6)7-4-5-9-7/h2-3,7,9H,4-5H2,1H3/t7-/m1/s1. The minimum absolute atomic E-state index is 0.494. The third-order valence-corrected chi connectivity index (χ3v) is 1.93. The van der Waals surface area contributed by atoms with E-state index >= 15 is 0 Å². The molecule has 0 radical (unpaired) electrons. The first kappa shape index (κ1) is 5.98. The molecule has 1 atom stereocenters. The molecular weight excluding hydrogens is 126 g/mol. The monoisotopic (exact) mass is 137 g/mol. The van der Waals surface area contributed by atoms with E-state index in [9.17, 15) is 0 Å². The summed E-state index contributed by atoms with van der Waals surface area (Å²) in [6.45, 7) is 3.10. The predicted molar refractivity (Wildman–Crippen MR) is 38.8 cm³/mol. The minimum Gasteiger partial charge on any atom is -0.465 e. The number of furan rings is 1. The second-order valence-electron chi connectivity index (χ2n) is 2.74. The maximum absolute atomic E-state index is 5.42. The molecule has 0 amide bonds. The van der Waals surface area contributed by atoms with Crippen molar-refractivity contribution in [3.05, 3.63) is 23.7 Å². The predicted octanol–water partition coefficient (Wildman–Crippen LogP) is 1.62. The van der Waals surface area contributed by atoms with Gasteiger partial charge < -0.3 is 9.73 Å². The van der Waals surface area contributed by atoms with Crippen LogP contribution in [0.1, 0.15) is 24.0 Å². The van der Waals surface area contributed by atoms with Gasteiger partial charge in [0.2, 0.25) is 0 Å². The molecule has 2 nitrogen and oxygen atoms in total. The molecule has 10 heavy (non-hydrogen) atoms.